The Morgan fingerprint density at radius 1 is 1.53 bits per heavy atom. The molecule has 1 unspecified atom stereocenters. The van der Waals surface area contributed by atoms with Gasteiger partial charge in [-0.25, -0.2) is 0 Å². The van der Waals surface area contributed by atoms with Crippen molar-refractivity contribution in [1.82, 2.24) is 5.32 Å². The van der Waals surface area contributed by atoms with Gasteiger partial charge in [0.1, 0.15) is 5.75 Å². The smallest absolute Gasteiger partial charge is 0.223 e. The molecule has 0 aliphatic heterocycles. The highest BCUT2D eigenvalue weighted by Gasteiger charge is 2.29. The lowest BCUT2D eigenvalue weighted by atomic mass is 10.2. The van der Waals surface area contributed by atoms with Gasteiger partial charge in [0.2, 0.25) is 5.91 Å². The summed E-state index contributed by atoms with van der Waals surface area (Å²) in [6, 6.07) is 7.81. The minimum atomic E-state index is -0.000969. The molecule has 1 aliphatic rings. The molecule has 1 N–H and O–H groups in total. The van der Waals surface area contributed by atoms with Gasteiger partial charge >= 0.3 is 0 Å². The second kappa shape index (κ2) is 6.80. The normalized spacial score (nSPS) is 15.9. The molecule has 1 saturated carbocycles. The fourth-order valence-corrected chi connectivity index (χ4v) is 2.22. The van der Waals surface area contributed by atoms with E-state index in [1.807, 2.05) is 31.2 Å². The average molecular weight is 282 g/mol. The van der Waals surface area contributed by atoms with Crippen LogP contribution in [0.2, 0.25) is 0 Å². The summed E-state index contributed by atoms with van der Waals surface area (Å²) >= 11 is 6.12. The Hall–Kier alpha value is -1.22. The lowest BCUT2D eigenvalue weighted by Gasteiger charge is -2.10. The molecule has 19 heavy (non-hydrogen) atoms. The number of carbonyl (C=O) groups excluding carboxylic acids is 1. The predicted octanol–water partition coefficient (Wildman–Crippen LogP) is 2.90. The van der Waals surface area contributed by atoms with Gasteiger partial charge in [0, 0.05) is 6.54 Å². The van der Waals surface area contributed by atoms with E-state index in [0.29, 0.717) is 25.5 Å². The largest absolute Gasteiger partial charge is 0.493 e. The van der Waals surface area contributed by atoms with Crippen LogP contribution >= 0.6 is 11.6 Å². The molecule has 1 fully saturated rings. The number of carbonyl (C=O) groups is 1. The number of ether oxygens (including phenoxy) is 1. The van der Waals surface area contributed by atoms with Crippen LogP contribution in [0.1, 0.15) is 24.8 Å². The van der Waals surface area contributed by atoms with Crippen molar-refractivity contribution in [1.29, 1.82) is 0 Å². The summed E-state index contributed by atoms with van der Waals surface area (Å²) in [5, 5.41) is 2.94. The van der Waals surface area contributed by atoms with Crippen LogP contribution in [-0.4, -0.2) is 24.4 Å². The van der Waals surface area contributed by atoms with Gasteiger partial charge in [0.15, 0.2) is 0 Å². The van der Waals surface area contributed by atoms with Crippen LogP contribution in [-0.2, 0) is 4.79 Å². The Balaban J connectivity index is 1.60. The topological polar surface area (TPSA) is 38.3 Å². The van der Waals surface area contributed by atoms with Crippen LogP contribution in [0.3, 0.4) is 0 Å². The predicted molar refractivity (Wildman–Crippen MR) is 76.7 cm³/mol. The first-order valence-electron chi connectivity index (χ1n) is 6.75. The zero-order valence-electron chi connectivity index (χ0n) is 11.2. The van der Waals surface area contributed by atoms with Gasteiger partial charge in [-0.05, 0) is 43.4 Å². The molecule has 2 rings (SSSR count). The molecule has 1 aliphatic carbocycles. The number of rotatable bonds is 7. The summed E-state index contributed by atoms with van der Waals surface area (Å²) in [6.07, 6.45) is 2.75. The van der Waals surface area contributed by atoms with Gasteiger partial charge in [-0.15, -0.1) is 11.6 Å². The second-order valence-electron chi connectivity index (χ2n) is 5.07. The number of hydrogen-bond donors (Lipinski definition) is 1. The van der Waals surface area contributed by atoms with Crippen LogP contribution in [0.5, 0.6) is 5.75 Å². The molecule has 0 radical (unpaired) electrons. The second-order valence-corrected chi connectivity index (χ2v) is 5.63. The fraction of sp³-hybridized carbons (Fsp3) is 0.533. The number of benzene rings is 1. The number of alkyl halides is 1. The molecule has 1 aromatic carbocycles. The highest BCUT2D eigenvalue weighted by Crippen LogP contribution is 2.35. The average Bonchev–Trinajstić information content (AvgIpc) is 3.20. The molecule has 0 bridgehead atoms. The van der Waals surface area contributed by atoms with Gasteiger partial charge < -0.3 is 10.1 Å². The maximum absolute atomic E-state index is 11.6. The third kappa shape index (κ3) is 5.11. The molecule has 0 saturated heterocycles. The summed E-state index contributed by atoms with van der Waals surface area (Å²) in [5.41, 5.74) is 1.15. The van der Waals surface area contributed by atoms with E-state index in [0.717, 1.165) is 11.3 Å². The van der Waals surface area contributed by atoms with Gasteiger partial charge in [-0.1, -0.05) is 12.1 Å². The minimum absolute atomic E-state index is 0.000969. The SMILES string of the molecule is Cc1cccc(OCCC(=O)NCC(Cl)C2CC2)c1. The molecule has 1 atom stereocenters. The van der Waals surface area contributed by atoms with Gasteiger partial charge in [0.25, 0.3) is 0 Å². The Kier molecular flexibility index (Phi) is 5.08. The first-order chi connectivity index (χ1) is 9.15. The van der Waals surface area contributed by atoms with E-state index in [2.05, 4.69) is 5.32 Å². The standard InChI is InChI=1S/C15H20ClNO2/c1-11-3-2-4-13(9-11)19-8-7-15(18)17-10-14(16)12-5-6-12/h2-4,9,12,14H,5-8,10H2,1H3,(H,17,18). The van der Waals surface area contributed by atoms with E-state index in [-0.39, 0.29) is 11.3 Å². The molecular formula is C15H20ClNO2. The van der Waals surface area contributed by atoms with Gasteiger partial charge in [0.05, 0.1) is 18.4 Å². The van der Waals surface area contributed by atoms with Gasteiger partial charge in [-0.2, -0.15) is 0 Å². The summed E-state index contributed by atoms with van der Waals surface area (Å²) in [5.74, 6) is 1.41. The van der Waals surface area contributed by atoms with Crippen molar-refractivity contribution in [2.75, 3.05) is 13.2 Å². The van der Waals surface area contributed by atoms with Crippen LogP contribution in [0.15, 0.2) is 24.3 Å². The lowest BCUT2D eigenvalue weighted by Crippen LogP contribution is -2.31. The third-order valence-electron chi connectivity index (χ3n) is 3.22. The van der Waals surface area contributed by atoms with E-state index < -0.39 is 0 Å². The van der Waals surface area contributed by atoms with E-state index in [1.54, 1.807) is 0 Å². The molecule has 1 amide bonds. The van der Waals surface area contributed by atoms with E-state index in [1.165, 1.54) is 12.8 Å². The van der Waals surface area contributed by atoms with E-state index in [4.69, 9.17) is 16.3 Å². The Morgan fingerprint density at radius 2 is 2.32 bits per heavy atom. The monoisotopic (exact) mass is 281 g/mol. The molecule has 104 valence electrons. The summed E-state index contributed by atoms with van der Waals surface area (Å²) in [6.45, 7) is 2.97. The maximum Gasteiger partial charge on any atom is 0.223 e. The lowest BCUT2D eigenvalue weighted by molar-refractivity contribution is -0.121. The first-order valence-corrected chi connectivity index (χ1v) is 7.19. The number of amides is 1. The summed E-state index contributed by atoms with van der Waals surface area (Å²) in [4.78, 5) is 11.6. The van der Waals surface area contributed by atoms with Crippen molar-refractivity contribution < 1.29 is 9.53 Å². The summed E-state index contributed by atoms with van der Waals surface area (Å²) < 4.78 is 5.53. The summed E-state index contributed by atoms with van der Waals surface area (Å²) in [7, 11) is 0. The van der Waals surface area contributed by atoms with Gasteiger partial charge in [-0.3, -0.25) is 4.79 Å². The van der Waals surface area contributed by atoms with Crippen molar-refractivity contribution >= 4 is 17.5 Å². The molecule has 3 nitrogen and oxygen atoms in total. The fourth-order valence-electron chi connectivity index (χ4n) is 1.89. The quantitative estimate of drug-likeness (QED) is 0.781. The van der Waals surface area contributed by atoms with E-state index >= 15 is 0 Å². The molecule has 4 heteroatoms. The molecule has 0 spiro atoms. The number of halogens is 1. The molecule has 0 heterocycles. The molecule has 0 aromatic heterocycles. The van der Waals surface area contributed by atoms with Crippen LogP contribution in [0.4, 0.5) is 0 Å². The van der Waals surface area contributed by atoms with Crippen molar-refractivity contribution in [2.45, 2.75) is 31.6 Å². The zero-order chi connectivity index (χ0) is 13.7. The van der Waals surface area contributed by atoms with Crippen LogP contribution in [0, 0.1) is 12.8 Å². The zero-order valence-corrected chi connectivity index (χ0v) is 12.0. The van der Waals surface area contributed by atoms with Crippen molar-refractivity contribution in [3.63, 3.8) is 0 Å². The van der Waals surface area contributed by atoms with Crippen LogP contribution < -0.4 is 10.1 Å². The van der Waals surface area contributed by atoms with E-state index in [9.17, 15) is 4.79 Å². The Labute approximate surface area is 119 Å². The number of aryl methyl sites for hydroxylation is 1. The molecule has 1 aromatic rings. The van der Waals surface area contributed by atoms with Crippen molar-refractivity contribution in [2.24, 2.45) is 5.92 Å². The highest BCUT2D eigenvalue weighted by atomic mass is 35.5. The van der Waals surface area contributed by atoms with Crippen LogP contribution in [0.25, 0.3) is 0 Å². The maximum atomic E-state index is 11.6. The third-order valence-corrected chi connectivity index (χ3v) is 3.73. The Bertz CT molecular complexity index is 432. The Morgan fingerprint density at radius 3 is 3.00 bits per heavy atom. The first kappa shape index (κ1) is 14.2. The highest BCUT2D eigenvalue weighted by molar-refractivity contribution is 6.21. The molecular weight excluding hydrogens is 262 g/mol. The van der Waals surface area contributed by atoms with Crippen molar-refractivity contribution in [3.05, 3.63) is 29.8 Å². The minimum Gasteiger partial charge on any atom is -0.493 e. The number of hydrogen-bond acceptors (Lipinski definition) is 2. The number of nitrogens with one attached hydrogen (secondary N) is 1. The van der Waals surface area contributed by atoms with Crippen molar-refractivity contribution in [3.8, 4) is 5.75 Å².